The Kier molecular flexibility index (Phi) is 5.27. The summed E-state index contributed by atoms with van der Waals surface area (Å²) in [5, 5.41) is 24.2. The van der Waals surface area contributed by atoms with Gasteiger partial charge in [0.1, 0.15) is 52.4 Å². The fourth-order valence-electron chi connectivity index (χ4n) is 3.89. The van der Waals surface area contributed by atoms with E-state index in [2.05, 4.69) is 21.5 Å². The van der Waals surface area contributed by atoms with Crippen LogP contribution in [0.1, 0.15) is 6.23 Å². The summed E-state index contributed by atoms with van der Waals surface area (Å²) in [5.74, 6) is 0.520. The van der Waals surface area contributed by atoms with E-state index < -0.39 is 24.0 Å². The van der Waals surface area contributed by atoms with Crippen molar-refractivity contribution in [2.45, 2.75) is 24.0 Å². The zero-order chi connectivity index (χ0) is 22.5. The molecule has 5 rings (SSSR count). The predicted molar refractivity (Wildman–Crippen MR) is 120 cm³/mol. The Balaban J connectivity index is 1.41. The van der Waals surface area contributed by atoms with Crippen LogP contribution in [0.4, 0.5) is 0 Å². The van der Waals surface area contributed by atoms with Gasteiger partial charge in [-0.15, -0.1) is 6.58 Å². The van der Waals surface area contributed by atoms with Crippen molar-refractivity contribution < 1.29 is 19.7 Å². The molecule has 32 heavy (non-hydrogen) atoms. The van der Waals surface area contributed by atoms with Crippen LogP contribution in [0.25, 0.3) is 21.9 Å². The molecule has 1 aliphatic rings. The molecule has 3 aromatic heterocycles. The molecule has 4 heterocycles. The number of aliphatic hydroxyl groups is 2. The van der Waals surface area contributed by atoms with E-state index in [1.807, 2.05) is 12.1 Å². The summed E-state index contributed by atoms with van der Waals surface area (Å²) in [5.41, 5.74) is -0.606. The molecule has 0 amide bonds. The molecule has 0 saturated carbocycles. The van der Waals surface area contributed by atoms with Crippen LogP contribution in [0.15, 0.2) is 61.6 Å². The largest absolute Gasteiger partial charge is 0.491 e. The molecule has 4 atom stereocenters. The molecular weight excluding hydrogens is 455 g/mol. The number of benzene rings is 1. The summed E-state index contributed by atoms with van der Waals surface area (Å²) in [7, 11) is 0. The Morgan fingerprint density at radius 2 is 2.03 bits per heavy atom. The number of halogens is 2. The van der Waals surface area contributed by atoms with Gasteiger partial charge in [0.25, 0.3) is 0 Å². The summed E-state index contributed by atoms with van der Waals surface area (Å²) in [6, 6.07) is 10.7. The maximum absolute atomic E-state index is 11.1. The van der Waals surface area contributed by atoms with Crippen molar-refractivity contribution in [1.29, 1.82) is 0 Å². The van der Waals surface area contributed by atoms with Gasteiger partial charge in [0, 0.05) is 17.6 Å². The van der Waals surface area contributed by atoms with Gasteiger partial charge < -0.3 is 24.3 Å². The first kappa shape index (κ1) is 21.1. The van der Waals surface area contributed by atoms with E-state index in [9.17, 15) is 10.2 Å². The standard InChI is InChI=1S/C22H18Cl2N4O4/c1-2-22(30)16(10-31-13-5-3-12-4-6-17(23)27-15(12)9-13)32-21(18(22)29)28-8-7-14-19(24)25-11-26-20(14)28/h2-9,11,16,18,21,29-30H,1,10H2/t16-,18+,21-,22-/m1/s1. The number of aromatic nitrogens is 4. The highest BCUT2D eigenvalue weighted by Crippen LogP contribution is 2.40. The van der Waals surface area contributed by atoms with Gasteiger partial charge in [0.2, 0.25) is 0 Å². The van der Waals surface area contributed by atoms with E-state index in [-0.39, 0.29) is 11.8 Å². The zero-order valence-electron chi connectivity index (χ0n) is 16.6. The Bertz CT molecular complexity index is 1330. The number of nitrogens with zero attached hydrogens (tertiary/aromatic N) is 4. The average molecular weight is 473 g/mol. The van der Waals surface area contributed by atoms with E-state index in [1.165, 1.54) is 12.4 Å². The normalized spacial score (nSPS) is 25.4. The predicted octanol–water partition coefficient (Wildman–Crippen LogP) is 3.54. The first-order valence-corrected chi connectivity index (χ1v) is 10.5. The van der Waals surface area contributed by atoms with Gasteiger partial charge in [0.05, 0.1) is 10.9 Å². The zero-order valence-corrected chi connectivity index (χ0v) is 18.1. The van der Waals surface area contributed by atoms with Gasteiger partial charge in [-0.3, -0.25) is 0 Å². The lowest BCUT2D eigenvalue weighted by atomic mass is 9.92. The van der Waals surface area contributed by atoms with Crippen LogP contribution in [-0.4, -0.2) is 54.1 Å². The lowest BCUT2D eigenvalue weighted by molar-refractivity contribution is -0.0592. The third-order valence-electron chi connectivity index (χ3n) is 5.66. The van der Waals surface area contributed by atoms with Gasteiger partial charge in [-0.25, -0.2) is 15.0 Å². The Labute approximate surface area is 192 Å². The summed E-state index contributed by atoms with van der Waals surface area (Å²) >= 11 is 12.1. The van der Waals surface area contributed by atoms with Crippen molar-refractivity contribution in [1.82, 2.24) is 19.5 Å². The highest BCUT2D eigenvalue weighted by molar-refractivity contribution is 6.33. The van der Waals surface area contributed by atoms with Crippen LogP contribution in [0.5, 0.6) is 5.75 Å². The molecule has 1 saturated heterocycles. The Morgan fingerprint density at radius 3 is 2.84 bits per heavy atom. The third-order valence-corrected chi connectivity index (χ3v) is 6.17. The Morgan fingerprint density at radius 1 is 1.22 bits per heavy atom. The minimum Gasteiger partial charge on any atom is -0.491 e. The van der Waals surface area contributed by atoms with E-state index >= 15 is 0 Å². The molecule has 0 unspecified atom stereocenters. The smallest absolute Gasteiger partial charge is 0.165 e. The molecule has 1 aromatic carbocycles. The second-order valence-corrected chi connectivity index (χ2v) is 8.22. The molecular formula is C22H18Cl2N4O4. The first-order chi connectivity index (χ1) is 15.4. The maximum atomic E-state index is 11.1. The monoisotopic (exact) mass is 472 g/mol. The fraction of sp³-hybridized carbons (Fsp3) is 0.227. The average Bonchev–Trinajstić information content (AvgIpc) is 3.32. The number of pyridine rings is 1. The maximum Gasteiger partial charge on any atom is 0.165 e. The molecule has 2 N–H and O–H groups in total. The highest BCUT2D eigenvalue weighted by Gasteiger charge is 2.54. The van der Waals surface area contributed by atoms with Crippen LogP contribution in [0.2, 0.25) is 10.3 Å². The van der Waals surface area contributed by atoms with Crippen molar-refractivity contribution in [2.24, 2.45) is 0 Å². The molecule has 4 aromatic rings. The van der Waals surface area contributed by atoms with Crippen molar-refractivity contribution in [3.63, 3.8) is 0 Å². The van der Waals surface area contributed by atoms with Crippen molar-refractivity contribution in [3.05, 3.63) is 71.9 Å². The number of rotatable bonds is 5. The van der Waals surface area contributed by atoms with E-state index in [0.717, 1.165) is 5.39 Å². The molecule has 10 heteroatoms. The molecule has 0 bridgehead atoms. The van der Waals surface area contributed by atoms with Gasteiger partial charge in [0.15, 0.2) is 6.23 Å². The topological polar surface area (TPSA) is 103 Å². The van der Waals surface area contributed by atoms with E-state index in [0.29, 0.717) is 27.5 Å². The van der Waals surface area contributed by atoms with E-state index in [1.54, 1.807) is 35.0 Å². The molecule has 0 radical (unpaired) electrons. The number of ether oxygens (including phenoxy) is 2. The summed E-state index contributed by atoms with van der Waals surface area (Å²) < 4.78 is 13.5. The van der Waals surface area contributed by atoms with Gasteiger partial charge in [-0.05, 0) is 30.3 Å². The SMILES string of the molecule is C=C[C@@]1(O)[C@@H](COc2ccc3ccc(Cl)nc3c2)O[C@@H](n2ccc3c(Cl)ncnc32)[C@@H]1O. The minimum absolute atomic E-state index is 0.0445. The molecule has 8 nitrogen and oxygen atoms in total. The van der Waals surface area contributed by atoms with Crippen LogP contribution >= 0.6 is 23.2 Å². The lowest BCUT2D eigenvalue weighted by Gasteiger charge is -2.27. The minimum atomic E-state index is -1.75. The van der Waals surface area contributed by atoms with Crippen LogP contribution in [0, 0.1) is 0 Å². The number of hydrogen-bond acceptors (Lipinski definition) is 7. The number of aliphatic hydroxyl groups excluding tert-OH is 1. The quantitative estimate of drug-likeness (QED) is 0.260. The number of hydrogen-bond donors (Lipinski definition) is 2. The van der Waals surface area contributed by atoms with Crippen LogP contribution < -0.4 is 4.74 Å². The lowest BCUT2D eigenvalue weighted by Crippen LogP contribution is -2.48. The second kappa shape index (κ2) is 7.99. The van der Waals surface area contributed by atoms with Gasteiger partial charge >= 0.3 is 0 Å². The van der Waals surface area contributed by atoms with Crippen LogP contribution in [-0.2, 0) is 4.74 Å². The first-order valence-electron chi connectivity index (χ1n) is 9.76. The third kappa shape index (κ3) is 3.41. The van der Waals surface area contributed by atoms with Crippen LogP contribution in [0.3, 0.4) is 0 Å². The summed E-state index contributed by atoms with van der Waals surface area (Å²) in [6.07, 6.45) is 1.09. The summed E-state index contributed by atoms with van der Waals surface area (Å²) in [6.45, 7) is 3.64. The highest BCUT2D eigenvalue weighted by atomic mass is 35.5. The molecule has 1 aliphatic heterocycles. The molecule has 0 spiro atoms. The van der Waals surface area contributed by atoms with Crippen molar-refractivity contribution in [3.8, 4) is 5.75 Å². The Hall–Kier alpha value is -2.75. The molecule has 164 valence electrons. The fourth-order valence-corrected chi connectivity index (χ4v) is 4.24. The van der Waals surface area contributed by atoms with Gasteiger partial charge in [-0.1, -0.05) is 29.3 Å². The summed E-state index contributed by atoms with van der Waals surface area (Å²) in [4.78, 5) is 12.5. The van der Waals surface area contributed by atoms with Gasteiger partial charge in [-0.2, -0.15) is 0 Å². The van der Waals surface area contributed by atoms with Crippen molar-refractivity contribution >= 4 is 45.1 Å². The molecule has 0 aliphatic carbocycles. The van der Waals surface area contributed by atoms with Crippen molar-refractivity contribution in [2.75, 3.05) is 6.61 Å². The number of fused-ring (bicyclic) bond motifs is 2. The second-order valence-electron chi connectivity index (χ2n) is 7.48. The molecule has 1 fully saturated rings. The van der Waals surface area contributed by atoms with E-state index in [4.69, 9.17) is 32.7 Å².